The molecule has 1 rings (SSSR count). The van der Waals surface area contributed by atoms with Crippen molar-refractivity contribution >= 4 is 11.6 Å². The Kier molecular flexibility index (Phi) is 5.05. The monoisotopic (exact) mass is 259 g/mol. The van der Waals surface area contributed by atoms with Crippen LogP contribution in [0.2, 0.25) is 5.02 Å². The fourth-order valence-electron chi connectivity index (χ4n) is 1.78. The predicted molar refractivity (Wildman–Crippen MR) is 68.2 cm³/mol. The highest BCUT2D eigenvalue weighted by Crippen LogP contribution is 2.40. The smallest absolute Gasteiger partial charge is 0.166 e. The summed E-state index contributed by atoms with van der Waals surface area (Å²) in [6.45, 7) is 2.26. The van der Waals surface area contributed by atoms with Gasteiger partial charge in [0.25, 0.3) is 0 Å². The first kappa shape index (κ1) is 14.1. The molecule has 0 amide bonds. The van der Waals surface area contributed by atoms with E-state index in [1.54, 1.807) is 20.2 Å². The Bertz CT molecular complexity index is 396. The summed E-state index contributed by atoms with van der Waals surface area (Å²) in [4.78, 5) is 0. The molecule has 0 saturated heterocycles. The van der Waals surface area contributed by atoms with Crippen molar-refractivity contribution in [1.29, 1.82) is 0 Å². The first-order chi connectivity index (χ1) is 8.06. The van der Waals surface area contributed by atoms with E-state index in [0.717, 1.165) is 5.56 Å². The van der Waals surface area contributed by atoms with Crippen LogP contribution in [0.4, 0.5) is 0 Å². The standard InChI is InChI=1S/C12H18ClNO3/c1-7-8(13)5-10(16-3)12(17-4)11(7)9(15)6-14-2/h5,9,14-15H,6H2,1-4H3. The fourth-order valence-corrected chi connectivity index (χ4v) is 1.98. The van der Waals surface area contributed by atoms with Crippen molar-refractivity contribution in [2.45, 2.75) is 13.0 Å². The lowest BCUT2D eigenvalue weighted by atomic mass is 10.0. The van der Waals surface area contributed by atoms with Crippen LogP contribution in [-0.4, -0.2) is 32.9 Å². The van der Waals surface area contributed by atoms with Crippen LogP contribution in [0.25, 0.3) is 0 Å². The maximum Gasteiger partial charge on any atom is 0.166 e. The molecule has 4 nitrogen and oxygen atoms in total. The van der Waals surface area contributed by atoms with Gasteiger partial charge in [-0.1, -0.05) is 11.6 Å². The fraction of sp³-hybridized carbons (Fsp3) is 0.500. The van der Waals surface area contributed by atoms with Crippen molar-refractivity contribution in [1.82, 2.24) is 5.32 Å². The van der Waals surface area contributed by atoms with E-state index in [9.17, 15) is 5.11 Å². The van der Waals surface area contributed by atoms with E-state index in [2.05, 4.69) is 5.32 Å². The molecule has 1 aromatic carbocycles. The van der Waals surface area contributed by atoms with E-state index in [1.807, 2.05) is 6.92 Å². The number of aliphatic hydroxyl groups is 1. The number of rotatable bonds is 5. The van der Waals surface area contributed by atoms with Gasteiger partial charge < -0.3 is 19.9 Å². The van der Waals surface area contributed by atoms with Crippen molar-refractivity contribution < 1.29 is 14.6 Å². The molecule has 0 heterocycles. The maximum absolute atomic E-state index is 10.1. The van der Waals surface area contributed by atoms with Gasteiger partial charge in [0.15, 0.2) is 11.5 Å². The number of ether oxygens (including phenoxy) is 2. The topological polar surface area (TPSA) is 50.7 Å². The largest absolute Gasteiger partial charge is 0.493 e. The second kappa shape index (κ2) is 6.10. The summed E-state index contributed by atoms with van der Waals surface area (Å²) < 4.78 is 10.5. The zero-order valence-electron chi connectivity index (χ0n) is 10.5. The molecule has 1 atom stereocenters. The second-order valence-electron chi connectivity index (χ2n) is 3.71. The molecule has 5 heteroatoms. The molecule has 0 radical (unpaired) electrons. The summed E-state index contributed by atoms with van der Waals surface area (Å²) in [5, 5.41) is 13.6. The molecule has 0 bridgehead atoms. The first-order valence-electron chi connectivity index (χ1n) is 5.30. The average Bonchev–Trinajstić information content (AvgIpc) is 2.31. The summed E-state index contributed by atoms with van der Waals surface area (Å²) >= 11 is 6.10. The van der Waals surface area contributed by atoms with Gasteiger partial charge in [-0.2, -0.15) is 0 Å². The van der Waals surface area contributed by atoms with Gasteiger partial charge in [0.05, 0.1) is 20.3 Å². The molecule has 17 heavy (non-hydrogen) atoms. The van der Waals surface area contributed by atoms with E-state index in [1.165, 1.54) is 7.11 Å². The number of hydrogen-bond donors (Lipinski definition) is 2. The van der Waals surface area contributed by atoms with E-state index in [-0.39, 0.29) is 0 Å². The molecular weight excluding hydrogens is 242 g/mol. The minimum Gasteiger partial charge on any atom is -0.493 e. The normalized spacial score (nSPS) is 12.4. The van der Waals surface area contributed by atoms with Gasteiger partial charge in [0.1, 0.15) is 0 Å². The van der Waals surface area contributed by atoms with Crippen LogP contribution < -0.4 is 14.8 Å². The molecule has 96 valence electrons. The third-order valence-corrected chi connectivity index (χ3v) is 3.04. The van der Waals surface area contributed by atoms with Gasteiger partial charge in [0.2, 0.25) is 0 Å². The number of nitrogens with one attached hydrogen (secondary N) is 1. The van der Waals surface area contributed by atoms with Gasteiger partial charge in [-0.3, -0.25) is 0 Å². The highest BCUT2D eigenvalue weighted by molar-refractivity contribution is 6.31. The zero-order chi connectivity index (χ0) is 13.0. The predicted octanol–water partition coefficient (Wildman–Crippen LogP) is 1.92. The Labute approximate surface area is 106 Å². The molecule has 0 saturated carbocycles. The van der Waals surface area contributed by atoms with Gasteiger partial charge in [-0.25, -0.2) is 0 Å². The number of halogens is 1. The van der Waals surface area contributed by atoms with E-state index in [4.69, 9.17) is 21.1 Å². The Balaban J connectivity index is 3.37. The lowest BCUT2D eigenvalue weighted by Crippen LogP contribution is -2.18. The Morgan fingerprint density at radius 1 is 1.41 bits per heavy atom. The molecule has 2 N–H and O–H groups in total. The summed E-state index contributed by atoms with van der Waals surface area (Å²) in [5.74, 6) is 1.05. The van der Waals surface area contributed by atoms with Crippen LogP contribution in [0.1, 0.15) is 17.2 Å². The minimum atomic E-state index is -0.692. The quantitative estimate of drug-likeness (QED) is 0.848. The van der Waals surface area contributed by atoms with Gasteiger partial charge in [-0.15, -0.1) is 0 Å². The summed E-state index contributed by atoms with van der Waals surface area (Å²) in [5.41, 5.74) is 1.46. The molecular formula is C12H18ClNO3. The van der Waals surface area contributed by atoms with Crippen LogP contribution in [-0.2, 0) is 0 Å². The van der Waals surface area contributed by atoms with E-state index >= 15 is 0 Å². The zero-order valence-corrected chi connectivity index (χ0v) is 11.3. The van der Waals surface area contributed by atoms with Crippen molar-refractivity contribution in [2.75, 3.05) is 27.8 Å². The molecule has 0 aliphatic carbocycles. The molecule has 0 spiro atoms. The second-order valence-corrected chi connectivity index (χ2v) is 4.11. The highest BCUT2D eigenvalue weighted by atomic mass is 35.5. The summed E-state index contributed by atoms with van der Waals surface area (Å²) in [7, 11) is 4.85. The SMILES string of the molecule is CNCC(O)c1c(C)c(Cl)cc(OC)c1OC. The summed E-state index contributed by atoms with van der Waals surface area (Å²) in [6, 6.07) is 1.69. The Morgan fingerprint density at radius 2 is 2.06 bits per heavy atom. The lowest BCUT2D eigenvalue weighted by Gasteiger charge is -2.20. The van der Waals surface area contributed by atoms with Gasteiger partial charge in [0, 0.05) is 23.2 Å². The molecule has 0 aromatic heterocycles. The molecule has 0 fully saturated rings. The Morgan fingerprint density at radius 3 is 2.53 bits per heavy atom. The third-order valence-electron chi connectivity index (χ3n) is 2.64. The first-order valence-corrected chi connectivity index (χ1v) is 5.68. The van der Waals surface area contributed by atoms with Crippen molar-refractivity contribution in [3.8, 4) is 11.5 Å². The number of benzene rings is 1. The van der Waals surface area contributed by atoms with Crippen LogP contribution in [0.5, 0.6) is 11.5 Å². The van der Waals surface area contributed by atoms with Crippen molar-refractivity contribution in [3.63, 3.8) is 0 Å². The van der Waals surface area contributed by atoms with Crippen LogP contribution >= 0.6 is 11.6 Å². The Hall–Kier alpha value is -0.970. The molecule has 0 aliphatic rings. The third kappa shape index (κ3) is 2.83. The lowest BCUT2D eigenvalue weighted by molar-refractivity contribution is 0.171. The van der Waals surface area contributed by atoms with E-state index in [0.29, 0.717) is 28.6 Å². The number of hydrogen-bond acceptors (Lipinski definition) is 4. The number of aliphatic hydroxyl groups excluding tert-OH is 1. The number of methoxy groups -OCH3 is 2. The van der Waals surface area contributed by atoms with Crippen LogP contribution in [0.3, 0.4) is 0 Å². The minimum absolute atomic E-state index is 0.417. The molecule has 1 unspecified atom stereocenters. The highest BCUT2D eigenvalue weighted by Gasteiger charge is 2.21. The van der Waals surface area contributed by atoms with Gasteiger partial charge in [-0.05, 0) is 19.5 Å². The van der Waals surface area contributed by atoms with Crippen molar-refractivity contribution in [3.05, 3.63) is 22.2 Å². The van der Waals surface area contributed by atoms with Gasteiger partial charge >= 0.3 is 0 Å². The molecule has 0 aliphatic heterocycles. The van der Waals surface area contributed by atoms with Crippen LogP contribution in [0.15, 0.2) is 6.07 Å². The molecule has 1 aromatic rings. The van der Waals surface area contributed by atoms with E-state index < -0.39 is 6.10 Å². The average molecular weight is 260 g/mol. The van der Waals surface area contributed by atoms with Crippen LogP contribution in [0, 0.1) is 6.92 Å². The number of likely N-dealkylation sites (N-methyl/N-ethyl adjacent to an activating group) is 1. The van der Waals surface area contributed by atoms with Crippen molar-refractivity contribution in [2.24, 2.45) is 0 Å². The summed E-state index contributed by atoms with van der Waals surface area (Å²) in [6.07, 6.45) is -0.692. The maximum atomic E-state index is 10.1.